The largest absolute Gasteiger partial charge is 0.507 e. The van der Waals surface area contributed by atoms with Crippen LogP contribution in [0.4, 0.5) is 0 Å². The molecule has 1 unspecified atom stereocenters. The molecule has 2 heteroatoms. The van der Waals surface area contributed by atoms with E-state index >= 15 is 0 Å². The fourth-order valence-electron chi connectivity index (χ4n) is 1.37. The zero-order valence-electron chi connectivity index (χ0n) is 8.46. The van der Waals surface area contributed by atoms with Crippen LogP contribution in [0.15, 0.2) is 12.1 Å². The zero-order chi connectivity index (χ0) is 10.0. The van der Waals surface area contributed by atoms with Crippen LogP contribution in [0, 0.1) is 13.8 Å². The molecule has 1 aromatic rings. The van der Waals surface area contributed by atoms with Crippen LogP contribution in [0.5, 0.6) is 5.75 Å². The van der Waals surface area contributed by atoms with Gasteiger partial charge in [0.15, 0.2) is 0 Å². The van der Waals surface area contributed by atoms with E-state index in [9.17, 15) is 5.11 Å². The summed E-state index contributed by atoms with van der Waals surface area (Å²) >= 11 is 0. The van der Waals surface area contributed by atoms with Gasteiger partial charge in [0, 0.05) is 6.04 Å². The number of hydrogen-bond donors (Lipinski definition) is 2. The van der Waals surface area contributed by atoms with E-state index in [4.69, 9.17) is 5.73 Å². The summed E-state index contributed by atoms with van der Waals surface area (Å²) in [6.45, 7) is 5.86. The highest BCUT2D eigenvalue weighted by Gasteiger charge is 2.07. The van der Waals surface area contributed by atoms with Crippen molar-refractivity contribution in [2.75, 3.05) is 0 Å². The summed E-state index contributed by atoms with van der Waals surface area (Å²) in [5.74, 6) is 0.400. The molecule has 13 heavy (non-hydrogen) atoms. The first kappa shape index (κ1) is 10.1. The van der Waals surface area contributed by atoms with Gasteiger partial charge in [-0.15, -0.1) is 0 Å². The van der Waals surface area contributed by atoms with E-state index < -0.39 is 0 Å². The van der Waals surface area contributed by atoms with Crippen LogP contribution in [-0.4, -0.2) is 11.1 Å². The quantitative estimate of drug-likeness (QED) is 0.728. The number of phenols is 1. The lowest BCUT2D eigenvalue weighted by Crippen LogP contribution is -2.17. The number of hydrogen-bond acceptors (Lipinski definition) is 2. The third-order valence-electron chi connectivity index (χ3n) is 2.33. The fraction of sp³-hybridized carbons (Fsp3) is 0.455. The summed E-state index contributed by atoms with van der Waals surface area (Å²) in [4.78, 5) is 0. The van der Waals surface area contributed by atoms with E-state index in [1.54, 1.807) is 0 Å². The van der Waals surface area contributed by atoms with Crippen LogP contribution < -0.4 is 5.73 Å². The maximum Gasteiger partial charge on any atom is 0.121 e. The van der Waals surface area contributed by atoms with Gasteiger partial charge in [-0.3, -0.25) is 0 Å². The molecule has 0 saturated carbocycles. The first-order valence-corrected chi connectivity index (χ1v) is 4.56. The molecule has 0 radical (unpaired) electrons. The molecule has 72 valence electrons. The van der Waals surface area contributed by atoms with E-state index in [0.29, 0.717) is 5.75 Å². The first-order valence-electron chi connectivity index (χ1n) is 4.56. The number of benzene rings is 1. The van der Waals surface area contributed by atoms with Crippen LogP contribution in [0.2, 0.25) is 0 Å². The van der Waals surface area contributed by atoms with Crippen molar-refractivity contribution < 1.29 is 5.11 Å². The fourth-order valence-corrected chi connectivity index (χ4v) is 1.37. The molecule has 1 atom stereocenters. The second-order valence-electron chi connectivity index (χ2n) is 3.70. The predicted molar refractivity (Wildman–Crippen MR) is 54.9 cm³/mol. The molecule has 0 fully saturated rings. The van der Waals surface area contributed by atoms with E-state index in [1.807, 2.05) is 32.9 Å². The molecule has 1 aromatic carbocycles. The Kier molecular flexibility index (Phi) is 2.94. The Morgan fingerprint density at radius 3 is 2.54 bits per heavy atom. The molecule has 0 amide bonds. The number of aryl methyl sites for hydroxylation is 1. The molecule has 0 saturated heterocycles. The predicted octanol–water partition coefficient (Wildman–Crippen LogP) is 1.90. The van der Waals surface area contributed by atoms with Gasteiger partial charge >= 0.3 is 0 Å². The van der Waals surface area contributed by atoms with Crippen molar-refractivity contribution >= 4 is 0 Å². The van der Waals surface area contributed by atoms with E-state index in [2.05, 4.69) is 0 Å². The van der Waals surface area contributed by atoms with Gasteiger partial charge in [-0.1, -0.05) is 12.1 Å². The summed E-state index contributed by atoms with van der Waals surface area (Å²) in [5.41, 5.74) is 8.69. The molecule has 0 aliphatic carbocycles. The van der Waals surface area contributed by atoms with Crippen molar-refractivity contribution in [3.8, 4) is 5.75 Å². The Balaban J connectivity index is 3.04. The second-order valence-corrected chi connectivity index (χ2v) is 3.70. The lowest BCUT2D eigenvalue weighted by molar-refractivity contribution is 0.461. The van der Waals surface area contributed by atoms with Crippen LogP contribution >= 0.6 is 0 Å². The molecule has 0 bridgehead atoms. The topological polar surface area (TPSA) is 46.2 Å². The van der Waals surface area contributed by atoms with Gasteiger partial charge in [-0.05, 0) is 43.9 Å². The normalized spacial score (nSPS) is 12.9. The third kappa shape index (κ3) is 2.22. The van der Waals surface area contributed by atoms with E-state index in [-0.39, 0.29) is 6.04 Å². The van der Waals surface area contributed by atoms with Crippen molar-refractivity contribution in [1.82, 2.24) is 0 Å². The summed E-state index contributed by atoms with van der Waals surface area (Å²) in [5, 5.41) is 9.77. The SMILES string of the molecule is Cc1ccc(CC(C)N)c(O)c1C. The van der Waals surface area contributed by atoms with Crippen molar-refractivity contribution in [2.45, 2.75) is 33.2 Å². The smallest absolute Gasteiger partial charge is 0.121 e. The van der Waals surface area contributed by atoms with Gasteiger partial charge in [0.25, 0.3) is 0 Å². The minimum absolute atomic E-state index is 0.0907. The molecule has 0 aromatic heterocycles. The Morgan fingerprint density at radius 2 is 2.00 bits per heavy atom. The average molecular weight is 179 g/mol. The molecule has 2 nitrogen and oxygen atoms in total. The second kappa shape index (κ2) is 3.79. The summed E-state index contributed by atoms with van der Waals surface area (Å²) < 4.78 is 0. The summed E-state index contributed by atoms with van der Waals surface area (Å²) in [6.07, 6.45) is 0.729. The van der Waals surface area contributed by atoms with Gasteiger partial charge in [0.05, 0.1) is 0 Å². The summed E-state index contributed by atoms with van der Waals surface area (Å²) in [6, 6.07) is 4.06. The van der Waals surface area contributed by atoms with E-state index in [1.165, 1.54) is 0 Å². The highest BCUT2D eigenvalue weighted by atomic mass is 16.3. The average Bonchev–Trinajstić information content (AvgIpc) is 2.06. The highest BCUT2D eigenvalue weighted by molar-refractivity contribution is 5.44. The standard InChI is InChI=1S/C11H17NO/c1-7-4-5-10(6-8(2)12)11(13)9(7)3/h4-5,8,13H,6,12H2,1-3H3. The minimum atomic E-state index is 0.0907. The van der Waals surface area contributed by atoms with Crippen molar-refractivity contribution in [3.05, 3.63) is 28.8 Å². The molecule has 1 rings (SSSR count). The van der Waals surface area contributed by atoms with Crippen molar-refractivity contribution in [2.24, 2.45) is 5.73 Å². The van der Waals surface area contributed by atoms with Crippen LogP contribution in [0.25, 0.3) is 0 Å². The lowest BCUT2D eigenvalue weighted by atomic mass is 10.0. The van der Waals surface area contributed by atoms with Crippen molar-refractivity contribution in [3.63, 3.8) is 0 Å². The molecule has 0 spiro atoms. The maximum atomic E-state index is 9.77. The Bertz CT molecular complexity index is 305. The Labute approximate surface area is 79.4 Å². The highest BCUT2D eigenvalue weighted by Crippen LogP contribution is 2.25. The lowest BCUT2D eigenvalue weighted by Gasteiger charge is -2.11. The molecule has 3 N–H and O–H groups in total. The molecule has 0 heterocycles. The molecule has 0 aliphatic rings. The number of phenolic OH excluding ortho intramolecular Hbond substituents is 1. The number of nitrogens with two attached hydrogens (primary N) is 1. The van der Waals surface area contributed by atoms with Crippen LogP contribution in [-0.2, 0) is 6.42 Å². The maximum absolute atomic E-state index is 9.77. The minimum Gasteiger partial charge on any atom is -0.507 e. The van der Waals surface area contributed by atoms with E-state index in [0.717, 1.165) is 23.1 Å². The number of aromatic hydroxyl groups is 1. The van der Waals surface area contributed by atoms with Gasteiger partial charge in [0.1, 0.15) is 5.75 Å². The summed E-state index contributed by atoms with van der Waals surface area (Å²) in [7, 11) is 0. The first-order chi connectivity index (χ1) is 6.02. The van der Waals surface area contributed by atoms with Crippen LogP contribution in [0.3, 0.4) is 0 Å². The van der Waals surface area contributed by atoms with Crippen molar-refractivity contribution in [1.29, 1.82) is 0 Å². The molecular weight excluding hydrogens is 162 g/mol. The van der Waals surface area contributed by atoms with Crippen LogP contribution in [0.1, 0.15) is 23.6 Å². The Hall–Kier alpha value is -1.02. The van der Waals surface area contributed by atoms with Gasteiger partial charge in [-0.25, -0.2) is 0 Å². The van der Waals surface area contributed by atoms with Gasteiger partial charge < -0.3 is 10.8 Å². The zero-order valence-corrected chi connectivity index (χ0v) is 8.46. The van der Waals surface area contributed by atoms with Gasteiger partial charge in [0.2, 0.25) is 0 Å². The Morgan fingerprint density at radius 1 is 1.38 bits per heavy atom. The monoisotopic (exact) mass is 179 g/mol. The molecule has 0 aliphatic heterocycles. The van der Waals surface area contributed by atoms with Gasteiger partial charge in [-0.2, -0.15) is 0 Å². The number of rotatable bonds is 2. The molecular formula is C11H17NO. The third-order valence-corrected chi connectivity index (χ3v) is 2.33.